The number of allylic oxidation sites excluding steroid dienone is 11. The van der Waals surface area contributed by atoms with Crippen molar-refractivity contribution in [1.29, 1.82) is 0 Å². The van der Waals surface area contributed by atoms with Crippen molar-refractivity contribution in [2.75, 3.05) is 0 Å². The van der Waals surface area contributed by atoms with Crippen molar-refractivity contribution in [1.82, 2.24) is 0 Å². The minimum absolute atomic E-state index is 0. The largest absolute Gasteiger partial charge is 0.394 e. The van der Waals surface area contributed by atoms with Crippen LogP contribution in [0.5, 0.6) is 0 Å². The molecule has 245 valence electrons. The van der Waals surface area contributed by atoms with E-state index >= 15 is 0 Å². The molecule has 5 rings (SSSR count). The molecule has 3 heteroatoms. The van der Waals surface area contributed by atoms with Gasteiger partial charge >= 0.3 is 0 Å². The van der Waals surface area contributed by atoms with E-state index in [0.29, 0.717) is 0 Å². The van der Waals surface area contributed by atoms with Gasteiger partial charge in [-0.15, -0.1) is 54.0 Å². The van der Waals surface area contributed by atoms with Crippen molar-refractivity contribution in [3.63, 3.8) is 0 Å². The van der Waals surface area contributed by atoms with Crippen LogP contribution in [0.25, 0.3) is 16.3 Å². The van der Waals surface area contributed by atoms with Crippen LogP contribution in [-0.4, -0.2) is 0 Å². The van der Waals surface area contributed by atoms with Crippen LogP contribution in [0.4, 0.5) is 0 Å². The van der Waals surface area contributed by atoms with Crippen molar-refractivity contribution < 1.29 is 98.1 Å². The zero-order valence-corrected chi connectivity index (χ0v) is 39.3. The molecule has 1 aliphatic rings. The molecule has 0 saturated heterocycles. The van der Waals surface area contributed by atoms with E-state index < -0.39 is 0 Å². The van der Waals surface area contributed by atoms with Crippen LogP contribution in [0.2, 0.25) is 0 Å². The third-order valence-corrected chi connectivity index (χ3v) is 7.55. The van der Waals surface area contributed by atoms with Crippen LogP contribution in [0.15, 0.2) is 120 Å². The molecule has 0 aliphatic heterocycles. The van der Waals surface area contributed by atoms with Crippen molar-refractivity contribution >= 4 is 16.3 Å². The van der Waals surface area contributed by atoms with E-state index in [9.17, 15) is 0 Å². The Bertz CT molecular complexity index is 1600. The Morgan fingerprint density at radius 1 is 0.667 bits per heavy atom. The summed E-state index contributed by atoms with van der Waals surface area (Å²) in [7, 11) is 0. The minimum Gasteiger partial charge on any atom is -0.394 e. The topological polar surface area (TPSA) is 0 Å². The predicted molar refractivity (Wildman–Crippen MR) is 198 cm³/mol. The van der Waals surface area contributed by atoms with E-state index in [0.717, 1.165) is 23.1 Å². The van der Waals surface area contributed by atoms with Gasteiger partial charge in [0.2, 0.25) is 0 Å². The molecule has 0 amide bonds. The van der Waals surface area contributed by atoms with E-state index in [1.54, 1.807) is 0 Å². The Kier molecular flexibility index (Phi) is 32.8. The van der Waals surface area contributed by atoms with Crippen molar-refractivity contribution in [2.45, 2.75) is 75.7 Å². The Balaban J connectivity index is -0.000000528. The molecule has 0 heterocycles. The second-order valence-electron chi connectivity index (χ2n) is 10.7. The molecule has 3 radical (unpaired) electrons. The van der Waals surface area contributed by atoms with Gasteiger partial charge in [-0.05, 0) is 60.7 Å². The van der Waals surface area contributed by atoms with Crippen LogP contribution in [0, 0.1) is 64.6 Å². The van der Waals surface area contributed by atoms with Crippen molar-refractivity contribution in [3.05, 3.63) is 185 Å². The molecule has 4 aromatic carbocycles. The first-order valence-electron chi connectivity index (χ1n) is 15.4. The van der Waals surface area contributed by atoms with Gasteiger partial charge in [0, 0.05) is 98.1 Å². The van der Waals surface area contributed by atoms with Crippen LogP contribution >= 0.6 is 0 Å². The summed E-state index contributed by atoms with van der Waals surface area (Å²) in [6.07, 6.45) is 18.8. The van der Waals surface area contributed by atoms with E-state index in [-0.39, 0.29) is 98.1 Å². The van der Waals surface area contributed by atoms with Gasteiger partial charge in [-0.25, -0.2) is 12.1 Å². The first kappa shape index (κ1) is 51.3. The number of hydrogen-bond acceptors (Lipinski definition) is 0. The summed E-state index contributed by atoms with van der Waals surface area (Å²) in [6.45, 7) is 25.3. The summed E-state index contributed by atoms with van der Waals surface area (Å²) in [5, 5.41) is 2.71. The van der Waals surface area contributed by atoms with E-state index in [4.69, 9.17) is 6.58 Å². The maximum Gasteiger partial charge on any atom is 0 e. The van der Waals surface area contributed by atoms with E-state index in [1.165, 1.54) is 50.2 Å². The maximum absolute atomic E-state index is 5.06. The van der Waals surface area contributed by atoms with Gasteiger partial charge in [-0.3, -0.25) is 6.08 Å². The molecule has 0 spiro atoms. The zero-order valence-electron chi connectivity index (χ0n) is 30.8. The molecule has 0 saturated carbocycles. The first-order valence-corrected chi connectivity index (χ1v) is 15.4. The second-order valence-corrected chi connectivity index (χ2v) is 10.7. The van der Waals surface area contributed by atoms with Crippen LogP contribution in [-0.2, 0) is 98.1 Å². The van der Waals surface area contributed by atoms with Gasteiger partial charge in [0.25, 0.3) is 0 Å². The van der Waals surface area contributed by atoms with Crippen LogP contribution in [0.3, 0.4) is 0 Å². The molecule has 1 aliphatic carbocycles. The van der Waals surface area contributed by atoms with Crippen molar-refractivity contribution in [2.24, 2.45) is 0 Å². The molecule has 0 aromatic heterocycles. The van der Waals surface area contributed by atoms with Crippen molar-refractivity contribution in [3.8, 4) is 0 Å². The molecular formula is C45H50Y3-6. The predicted octanol–water partition coefficient (Wildman–Crippen LogP) is 12.7. The van der Waals surface area contributed by atoms with E-state index in [1.807, 2.05) is 65.0 Å². The molecule has 0 nitrogen and oxygen atoms in total. The van der Waals surface area contributed by atoms with Gasteiger partial charge in [0.15, 0.2) is 0 Å². The molecule has 0 atom stereocenters. The molecule has 0 N–H and O–H groups in total. The summed E-state index contributed by atoms with van der Waals surface area (Å²) < 4.78 is 0. The molecule has 48 heavy (non-hydrogen) atoms. The fourth-order valence-electron chi connectivity index (χ4n) is 3.85. The summed E-state index contributed by atoms with van der Waals surface area (Å²) in [5.74, 6) is 0. The average Bonchev–Trinajstić information content (AvgIpc) is 3.64. The summed E-state index contributed by atoms with van der Waals surface area (Å²) in [6, 6.07) is 32.3. The second kappa shape index (κ2) is 30.7. The van der Waals surface area contributed by atoms with Gasteiger partial charge < -0.3 is 58.7 Å². The molecule has 4 aromatic rings. The Morgan fingerprint density at radius 3 is 1.67 bits per heavy atom. The molecule has 0 unspecified atom stereocenters. The first-order chi connectivity index (χ1) is 21.6. The number of benzene rings is 4. The Labute approximate surface area is 370 Å². The number of fused-ring (bicyclic) bond motifs is 1. The van der Waals surface area contributed by atoms with E-state index in [2.05, 4.69) is 132 Å². The minimum atomic E-state index is 0. The normalized spacial score (nSPS) is 11.5. The summed E-state index contributed by atoms with van der Waals surface area (Å²) in [5.41, 5.74) is 11.3. The molecular weight excluding hydrogens is 807 g/mol. The van der Waals surface area contributed by atoms with Crippen LogP contribution in [0.1, 0.15) is 75.8 Å². The molecule has 0 fully saturated rings. The maximum atomic E-state index is 5.06. The average molecular weight is 858 g/mol. The fourth-order valence-corrected chi connectivity index (χ4v) is 3.85. The smallest absolute Gasteiger partial charge is 0 e. The van der Waals surface area contributed by atoms with Crippen LogP contribution < -0.4 is 0 Å². The quantitative estimate of drug-likeness (QED) is 0.142. The van der Waals surface area contributed by atoms with Gasteiger partial charge in [-0.1, -0.05) is 60.7 Å². The Morgan fingerprint density at radius 2 is 1.23 bits per heavy atom. The zero-order chi connectivity index (χ0) is 33.6. The van der Waals surface area contributed by atoms with Gasteiger partial charge in [0.05, 0.1) is 0 Å². The standard InChI is InChI=1S/C12H12.C10H10.C9H10.C8H10.C6H8.3Y/c1-9-7-8-11-5-3-4-6-12(11)10(9)2;1-3-9(2)10-7-5-4-6-8-10;1-3-8(2)9-6-4-5-7-9;1-7-5-3-4-6-8(7)2;1-4-6(3)5-2;;;/h3-8H,1-2H3;4-7H,1-2H3;4-5H,6H2,1-2H3;3-6H,1-2H3;1,4H,2-3H3;;;/q;2*-2;;-2;;;. The van der Waals surface area contributed by atoms with Gasteiger partial charge in [-0.2, -0.15) is 24.3 Å². The third-order valence-electron chi connectivity index (χ3n) is 7.55. The van der Waals surface area contributed by atoms with Gasteiger partial charge in [0.1, 0.15) is 0 Å². The number of rotatable bonds is 3. The summed E-state index contributed by atoms with van der Waals surface area (Å²) >= 11 is 0. The fraction of sp³-hybridized carbons (Fsp3) is 0.244. The molecule has 0 bridgehead atoms. The Hall–Kier alpha value is -1.11. The summed E-state index contributed by atoms with van der Waals surface area (Å²) in [4.78, 5) is 0. The SMILES string of the molecule is C[C-]=C(C)C1=[C-]C=CC1.C[C-]=C(C)c1[c-]cccc1.Cc1ccc2ccccc2c1C.Cc1ccccc1C.[CH-]=CC(C)=[C-]C.[Y].[Y].[Y]. The number of hydrogen-bond donors (Lipinski definition) is 0. The monoisotopic (exact) mass is 857 g/mol. The third kappa shape index (κ3) is 20.5. The number of aryl methyl sites for hydroxylation is 4.